The van der Waals surface area contributed by atoms with Crippen LogP contribution in [0.3, 0.4) is 0 Å². The number of ketones is 1. The lowest BCUT2D eigenvalue weighted by molar-refractivity contribution is 0.0944. The van der Waals surface area contributed by atoms with E-state index in [1.54, 1.807) is 23.1 Å². The molecule has 118 valence electrons. The molecule has 0 spiro atoms. The molecule has 0 unspecified atom stereocenters. The van der Waals surface area contributed by atoms with E-state index in [-0.39, 0.29) is 11.7 Å². The molecule has 5 heteroatoms. The molecular formula is C16H26N2OS2. The van der Waals surface area contributed by atoms with Gasteiger partial charge in [0.15, 0.2) is 5.78 Å². The smallest absolute Gasteiger partial charge is 0.177 e. The second kappa shape index (κ2) is 7.05. The van der Waals surface area contributed by atoms with E-state index >= 15 is 0 Å². The lowest BCUT2D eigenvalue weighted by Gasteiger charge is -2.32. The summed E-state index contributed by atoms with van der Waals surface area (Å²) in [5.41, 5.74) is 6.95. The maximum absolute atomic E-state index is 12.3. The van der Waals surface area contributed by atoms with Gasteiger partial charge in [-0.3, -0.25) is 4.79 Å². The Bertz CT molecular complexity index is 507. The fourth-order valence-electron chi connectivity index (χ4n) is 2.61. The highest BCUT2D eigenvalue weighted by Gasteiger charge is 2.27. The van der Waals surface area contributed by atoms with Gasteiger partial charge in [0, 0.05) is 19.0 Å². The van der Waals surface area contributed by atoms with Gasteiger partial charge in [-0.2, -0.15) is 0 Å². The van der Waals surface area contributed by atoms with Crippen molar-refractivity contribution in [3.63, 3.8) is 0 Å². The van der Waals surface area contributed by atoms with E-state index in [1.165, 1.54) is 24.3 Å². The number of hydrogen-bond acceptors (Lipinski definition) is 5. The number of nitrogens with zero attached hydrogens (tertiary/aromatic N) is 1. The number of rotatable bonds is 7. The van der Waals surface area contributed by atoms with E-state index < -0.39 is 0 Å². The molecule has 0 radical (unpaired) electrons. The first kappa shape index (κ1) is 16.7. The van der Waals surface area contributed by atoms with Crippen LogP contribution in [0.4, 0.5) is 10.7 Å². The summed E-state index contributed by atoms with van der Waals surface area (Å²) in [6, 6.07) is 0. The zero-order chi connectivity index (χ0) is 15.6. The minimum atomic E-state index is -0.00443. The molecule has 0 aliphatic heterocycles. The number of nitrogen functional groups attached to an aromatic ring is 1. The van der Waals surface area contributed by atoms with Crippen molar-refractivity contribution in [3.05, 3.63) is 4.88 Å². The second-order valence-corrected chi connectivity index (χ2v) is 7.85. The number of thiophene rings is 1. The zero-order valence-corrected chi connectivity index (χ0v) is 15.1. The molecule has 0 saturated heterocycles. The van der Waals surface area contributed by atoms with Crippen LogP contribution in [0.5, 0.6) is 0 Å². The Morgan fingerprint density at radius 2 is 2.14 bits per heavy atom. The molecule has 1 aliphatic carbocycles. The highest BCUT2D eigenvalue weighted by molar-refractivity contribution is 7.99. The van der Waals surface area contributed by atoms with Crippen LogP contribution in [0.1, 0.15) is 49.7 Å². The van der Waals surface area contributed by atoms with Gasteiger partial charge < -0.3 is 10.6 Å². The molecule has 3 nitrogen and oxygen atoms in total. The Balaban J connectivity index is 2.32. The molecule has 1 aromatic rings. The van der Waals surface area contributed by atoms with Gasteiger partial charge in [-0.15, -0.1) is 23.1 Å². The number of carbonyl (C=O) groups is 1. The van der Waals surface area contributed by atoms with Crippen LogP contribution >= 0.6 is 23.1 Å². The van der Waals surface area contributed by atoms with Crippen molar-refractivity contribution in [2.45, 2.75) is 44.9 Å². The van der Waals surface area contributed by atoms with Crippen molar-refractivity contribution >= 4 is 39.6 Å². The van der Waals surface area contributed by atoms with Gasteiger partial charge in [0.1, 0.15) is 5.00 Å². The summed E-state index contributed by atoms with van der Waals surface area (Å²) in [5.74, 6) is 0.973. The number of anilines is 2. The fraction of sp³-hybridized carbons (Fsp3) is 0.688. The molecule has 1 aromatic heterocycles. The summed E-state index contributed by atoms with van der Waals surface area (Å²) >= 11 is 3.25. The molecule has 0 atom stereocenters. The Kier molecular flexibility index (Phi) is 5.60. The van der Waals surface area contributed by atoms with Gasteiger partial charge >= 0.3 is 0 Å². The first-order chi connectivity index (χ1) is 9.99. The van der Waals surface area contributed by atoms with Crippen molar-refractivity contribution in [2.24, 2.45) is 11.8 Å². The van der Waals surface area contributed by atoms with Crippen LogP contribution in [-0.2, 0) is 0 Å². The molecule has 1 heterocycles. The lowest BCUT2D eigenvalue weighted by atomic mass is 9.85. The van der Waals surface area contributed by atoms with Crippen molar-refractivity contribution in [1.82, 2.24) is 0 Å². The normalized spacial score (nSPS) is 15.3. The molecule has 21 heavy (non-hydrogen) atoms. The summed E-state index contributed by atoms with van der Waals surface area (Å²) in [5, 5.41) is 1.19. The largest absolute Gasteiger partial charge is 0.396 e. The summed E-state index contributed by atoms with van der Waals surface area (Å²) in [7, 11) is 0. The maximum Gasteiger partial charge on any atom is 0.177 e. The molecule has 2 N–H and O–H groups in total. The van der Waals surface area contributed by atoms with Crippen molar-refractivity contribution in [1.29, 1.82) is 0 Å². The van der Waals surface area contributed by atoms with Crippen molar-refractivity contribution in [3.8, 4) is 0 Å². The maximum atomic E-state index is 12.3. The van der Waals surface area contributed by atoms with Crippen molar-refractivity contribution in [2.75, 3.05) is 30.0 Å². The first-order valence-electron chi connectivity index (χ1n) is 7.74. The minimum Gasteiger partial charge on any atom is -0.396 e. The predicted molar refractivity (Wildman–Crippen MR) is 94.9 cm³/mol. The van der Waals surface area contributed by atoms with E-state index in [9.17, 15) is 4.79 Å². The number of thioether (sulfide) groups is 1. The summed E-state index contributed by atoms with van der Waals surface area (Å²) in [6.45, 7) is 8.12. The monoisotopic (exact) mass is 326 g/mol. The fourth-order valence-corrected chi connectivity index (χ4v) is 4.95. The van der Waals surface area contributed by atoms with Crippen molar-refractivity contribution < 1.29 is 4.79 Å². The summed E-state index contributed by atoms with van der Waals surface area (Å²) in [6.07, 6.45) is 6.08. The highest BCUT2D eigenvalue weighted by atomic mass is 32.2. The lowest BCUT2D eigenvalue weighted by Crippen LogP contribution is -2.32. The third-order valence-electron chi connectivity index (χ3n) is 4.21. The molecule has 1 saturated carbocycles. The molecule has 1 fully saturated rings. The first-order valence-corrected chi connectivity index (χ1v) is 9.79. The average molecular weight is 327 g/mol. The number of nitrogens with two attached hydrogens (primary N) is 1. The number of hydrogen-bond donors (Lipinski definition) is 1. The van der Waals surface area contributed by atoms with Crippen LogP contribution in [0.2, 0.25) is 0 Å². The number of carbonyl (C=O) groups excluding carboxylic acids is 1. The SMILES string of the molecule is CCN(CC1CCC1)c1sc(C(=O)C(C)C)c(N)c1SC. The molecule has 2 rings (SSSR count). The van der Waals surface area contributed by atoms with Gasteiger partial charge in [0.25, 0.3) is 0 Å². The van der Waals surface area contributed by atoms with Gasteiger partial charge in [0.2, 0.25) is 0 Å². The van der Waals surface area contributed by atoms with Gasteiger partial charge in [-0.25, -0.2) is 0 Å². The van der Waals surface area contributed by atoms with Crippen LogP contribution in [0.15, 0.2) is 4.90 Å². The molecule has 0 amide bonds. The Morgan fingerprint density at radius 1 is 1.48 bits per heavy atom. The second-order valence-electron chi connectivity index (χ2n) is 6.04. The number of Topliss-reactive ketones (excluding diaryl/α,β-unsaturated/α-hetero) is 1. The quantitative estimate of drug-likeness (QED) is 0.591. The van der Waals surface area contributed by atoms with E-state index in [0.717, 1.165) is 28.8 Å². The molecule has 0 bridgehead atoms. The molecule has 1 aliphatic rings. The zero-order valence-electron chi connectivity index (χ0n) is 13.4. The van der Waals surface area contributed by atoms with E-state index in [4.69, 9.17) is 5.73 Å². The topological polar surface area (TPSA) is 46.3 Å². The van der Waals surface area contributed by atoms with Crippen LogP contribution < -0.4 is 10.6 Å². The Hall–Kier alpha value is -0.680. The van der Waals surface area contributed by atoms with Gasteiger partial charge in [-0.05, 0) is 31.9 Å². The summed E-state index contributed by atoms with van der Waals surface area (Å²) < 4.78 is 0. The minimum absolute atomic E-state index is 0.00443. The average Bonchev–Trinajstić information content (AvgIpc) is 2.73. The Labute approximate surface area is 136 Å². The summed E-state index contributed by atoms with van der Waals surface area (Å²) in [4.78, 5) is 16.6. The Morgan fingerprint density at radius 3 is 2.57 bits per heavy atom. The highest BCUT2D eigenvalue weighted by Crippen LogP contribution is 2.45. The molecular weight excluding hydrogens is 300 g/mol. The third kappa shape index (κ3) is 3.39. The van der Waals surface area contributed by atoms with E-state index in [2.05, 4.69) is 11.8 Å². The van der Waals surface area contributed by atoms with Gasteiger partial charge in [-0.1, -0.05) is 20.3 Å². The third-order valence-corrected chi connectivity index (χ3v) is 6.44. The van der Waals surface area contributed by atoms with E-state index in [0.29, 0.717) is 5.69 Å². The van der Waals surface area contributed by atoms with Gasteiger partial charge in [0.05, 0.1) is 15.5 Å². The van der Waals surface area contributed by atoms with Crippen LogP contribution in [-0.4, -0.2) is 25.1 Å². The molecule has 0 aromatic carbocycles. The standard InChI is InChI=1S/C16H26N2OS2/c1-5-18(9-11-7-6-8-11)16-15(20-4)12(17)14(21-16)13(19)10(2)3/h10-11H,5-9,17H2,1-4H3. The van der Waals surface area contributed by atoms with Crippen LogP contribution in [0.25, 0.3) is 0 Å². The van der Waals surface area contributed by atoms with E-state index in [1.807, 2.05) is 20.1 Å². The van der Waals surface area contributed by atoms with Crippen LogP contribution in [0, 0.1) is 11.8 Å². The predicted octanol–water partition coefficient (Wildman–Crippen LogP) is 4.52.